The van der Waals surface area contributed by atoms with Gasteiger partial charge in [-0.2, -0.15) is 4.39 Å². The van der Waals surface area contributed by atoms with Crippen LogP contribution >= 0.6 is 0 Å². The van der Waals surface area contributed by atoms with Crippen molar-refractivity contribution in [1.29, 1.82) is 0 Å². The van der Waals surface area contributed by atoms with Crippen LogP contribution in [0.25, 0.3) is 0 Å². The van der Waals surface area contributed by atoms with Crippen molar-refractivity contribution in [3.8, 4) is 0 Å². The van der Waals surface area contributed by atoms with E-state index < -0.39 is 21.4 Å². The molecule has 0 aliphatic carbocycles. The van der Waals surface area contributed by atoms with Gasteiger partial charge < -0.3 is 5.11 Å². The molecule has 0 radical (unpaired) electrons. The predicted molar refractivity (Wildman–Crippen MR) is 68.9 cm³/mol. The molecule has 1 aromatic rings. The molecule has 0 atom stereocenters. The average molecular weight is 288 g/mol. The molecule has 1 aliphatic heterocycles. The van der Waals surface area contributed by atoms with E-state index in [9.17, 15) is 17.9 Å². The fourth-order valence-corrected chi connectivity index (χ4v) is 2.99. The van der Waals surface area contributed by atoms with Gasteiger partial charge in [-0.25, -0.2) is 13.4 Å². The van der Waals surface area contributed by atoms with Gasteiger partial charge in [0.15, 0.2) is 9.84 Å². The summed E-state index contributed by atoms with van der Waals surface area (Å²) >= 11 is 0. The van der Waals surface area contributed by atoms with Crippen LogP contribution in [0.15, 0.2) is 18.3 Å². The molecular weight excluding hydrogens is 271 g/mol. The molecule has 1 aromatic heterocycles. The topological polar surface area (TPSA) is 70.5 Å². The fourth-order valence-electron chi connectivity index (χ4n) is 2.17. The maximum atomic E-state index is 13.5. The van der Waals surface area contributed by atoms with Crippen LogP contribution in [-0.4, -0.2) is 54.5 Å². The van der Waals surface area contributed by atoms with Crippen molar-refractivity contribution in [2.75, 3.05) is 31.1 Å². The van der Waals surface area contributed by atoms with Crippen molar-refractivity contribution < 1.29 is 17.9 Å². The van der Waals surface area contributed by atoms with E-state index in [0.29, 0.717) is 6.54 Å². The fraction of sp³-hybridized carbons (Fsp3) is 0.583. The van der Waals surface area contributed by atoms with E-state index in [1.54, 1.807) is 17.9 Å². The van der Waals surface area contributed by atoms with Gasteiger partial charge in [0, 0.05) is 37.1 Å². The van der Waals surface area contributed by atoms with Crippen LogP contribution in [0.1, 0.15) is 12.5 Å². The largest absolute Gasteiger partial charge is 0.382 e. The number of pyridine rings is 1. The van der Waals surface area contributed by atoms with Crippen LogP contribution < -0.4 is 0 Å². The number of aromatic nitrogens is 1. The van der Waals surface area contributed by atoms with Gasteiger partial charge in [0.2, 0.25) is 5.95 Å². The summed E-state index contributed by atoms with van der Waals surface area (Å²) in [5, 5.41) is 10.2. The second kappa shape index (κ2) is 5.15. The van der Waals surface area contributed by atoms with Gasteiger partial charge in [0.1, 0.15) is 5.60 Å². The molecule has 2 rings (SSSR count). The van der Waals surface area contributed by atoms with Gasteiger partial charge in [-0.3, -0.25) is 4.90 Å². The van der Waals surface area contributed by atoms with E-state index in [4.69, 9.17) is 0 Å². The second-order valence-electron chi connectivity index (χ2n) is 4.82. The SMILES string of the molecule is CCS(=O)(=O)CCN1CC(O)(c2cccnc2F)C1. The number of rotatable bonds is 5. The number of nitrogens with zero attached hydrogens (tertiary/aromatic N) is 2. The predicted octanol–water partition coefficient (Wildman–Crippen LogP) is 0.159. The van der Waals surface area contributed by atoms with Gasteiger partial charge in [0.25, 0.3) is 0 Å². The van der Waals surface area contributed by atoms with Crippen molar-refractivity contribution in [1.82, 2.24) is 9.88 Å². The lowest BCUT2D eigenvalue weighted by Crippen LogP contribution is -2.60. The maximum absolute atomic E-state index is 13.5. The van der Waals surface area contributed by atoms with Crippen molar-refractivity contribution >= 4 is 9.84 Å². The van der Waals surface area contributed by atoms with Crippen LogP contribution in [0.3, 0.4) is 0 Å². The third-order valence-corrected chi connectivity index (χ3v) is 5.07. The van der Waals surface area contributed by atoms with Gasteiger partial charge in [-0.15, -0.1) is 0 Å². The van der Waals surface area contributed by atoms with E-state index >= 15 is 0 Å². The summed E-state index contributed by atoms with van der Waals surface area (Å²) in [6, 6.07) is 3.07. The highest BCUT2D eigenvalue weighted by atomic mass is 32.2. The first-order valence-corrected chi connectivity index (χ1v) is 7.94. The Labute approximate surface area is 112 Å². The molecule has 2 heterocycles. The molecule has 0 spiro atoms. The highest BCUT2D eigenvalue weighted by Crippen LogP contribution is 2.32. The quantitative estimate of drug-likeness (QED) is 0.782. The standard InChI is InChI=1S/C12H17FN2O3S/c1-2-19(17,18)7-6-15-8-12(16,9-15)10-4-3-5-14-11(10)13/h3-5,16H,2,6-9H2,1H3. The average Bonchev–Trinajstić information content (AvgIpc) is 2.34. The van der Waals surface area contributed by atoms with Crippen LogP contribution in [0.4, 0.5) is 4.39 Å². The Kier molecular flexibility index (Phi) is 3.89. The monoisotopic (exact) mass is 288 g/mol. The summed E-state index contributed by atoms with van der Waals surface area (Å²) in [6.45, 7) is 2.43. The highest BCUT2D eigenvalue weighted by molar-refractivity contribution is 7.91. The van der Waals surface area contributed by atoms with Crippen molar-refractivity contribution in [3.63, 3.8) is 0 Å². The number of halogens is 1. The zero-order valence-corrected chi connectivity index (χ0v) is 11.5. The zero-order chi connectivity index (χ0) is 14.1. The van der Waals surface area contributed by atoms with Crippen LogP contribution in [0.5, 0.6) is 0 Å². The maximum Gasteiger partial charge on any atom is 0.219 e. The molecule has 0 bridgehead atoms. The van der Waals surface area contributed by atoms with Crippen molar-refractivity contribution in [2.45, 2.75) is 12.5 Å². The second-order valence-corrected chi connectivity index (χ2v) is 7.29. The smallest absolute Gasteiger partial charge is 0.219 e. The van der Waals surface area contributed by atoms with E-state index in [1.807, 2.05) is 0 Å². The minimum atomic E-state index is -3.01. The number of hydrogen-bond donors (Lipinski definition) is 1. The van der Waals surface area contributed by atoms with E-state index in [2.05, 4.69) is 4.98 Å². The van der Waals surface area contributed by atoms with Gasteiger partial charge >= 0.3 is 0 Å². The highest BCUT2D eigenvalue weighted by Gasteiger charge is 2.44. The van der Waals surface area contributed by atoms with Crippen molar-refractivity contribution in [3.05, 3.63) is 29.8 Å². The number of hydrogen-bond acceptors (Lipinski definition) is 5. The lowest BCUT2D eigenvalue weighted by molar-refractivity contribution is -0.103. The molecule has 1 N–H and O–H groups in total. The molecular formula is C12H17FN2O3S. The third kappa shape index (κ3) is 3.10. The summed E-state index contributed by atoms with van der Waals surface area (Å²) in [5.74, 6) is -0.497. The third-order valence-electron chi connectivity index (χ3n) is 3.39. The Balaban J connectivity index is 1.94. The van der Waals surface area contributed by atoms with Gasteiger partial charge in [-0.05, 0) is 12.1 Å². The first-order chi connectivity index (χ1) is 8.86. The number of aliphatic hydroxyl groups is 1. The zero-order valence-electron chi connectivity index (χ0n) is 10.7. The van der Waals surface area contributed by atoms with Crippen molar-refractivity contribution in [2.24, 2.45) is 0 Å². The molecule has 7 heteroatoms. The van der Waals surface area contributed by atoms with E-state index in [1.165, 1.54) is 12.3 Å². The number of likely N-dealkylation sites (tertiary alicyclic amines) is 1. The lowest BCUT2D eigenvalue weighted by atomic mass is 9.87. The van der Waals surface area contributed by atoms with E-state index in [0.717, 1.165) is 0 Å². The lowest BCUT2D eigenvalue weighted by Gasteiger charge is -2.46. The Hall–Kier alpha value is -1.05. The minimum absolute atomic E-state index is 0.0646. The minimum Gasteiger partial charge on any atom is -0.382 e. The molecule has 1 aliphatic rings. The molecule has 1 saturated heterocycles. The molecule has 5 nitrogen and oxygen atoms in total. The van der Waals surface area contributed by atoms with E-state index in [-0.39, 0.29) is 30.2 Å². The van der Waals surface area contributed by atoms with Gasteiger partial charge in [-0.1, -0.05) is 6.92 Å². The summed E-state index contributed by atoms with van der Waals surface area (Å²) in [5.41, 5.74) is -1.08. The Bertz CT molecular complexity index is 556. The molecule has 106 valence electrons. The summed E-state index contributed by atoms with van der Waals surface area (Å²) in [4.78, 5) is 5.30. The summed E-state index contributed by atoms with van der Waals surface area (Å²) < 4.78 is 36.2. The normalized spacial score (nSPS) is 19.1. The number of β-amino-alcohol motifs (C(OH)–C–C–N with tert-alkyl or cyclic N) is 1. The first kappa shape index (κ1) is 14.4. The molecule has 0 amide bonds. The Morgan fingerprint density at radius 2 is 2.21 bits per heavy atom. The summed E-state index contributed by atoms with van der Waals surface area (Å²) in [7, 11) is -3.01. The Morgan fingerprint density at radius 1 is 1.53 bits per heavy atom. The first-order valence-electron chi connectivity index (χ1n) is 6.12. The Morgan fingerprint density at radius 3 is 2.79 bits per heavy atom. The molecule has 1 fully saturated rings. The molecule has 19 heavy (non-hydrogen) atoms. The van der Waals surface area contributed by atoms with Gasteiger partial charge in [0.05, 0.1) is 5.75 Å². The molecule has 0 aromatic carbocycles. The summed E-state index contributed by atoms with van der Waals surface area (Å²) in [6.07, 6.45) is 1.33. The molecule has 0 saturated carbocycles. The van der Waals surface area contributed by atoms with Crippen LogP contribution in [-0.2, 0) is 15.4 Å². The van der Waals surface area contributed by atoms with Crippen LogP contribution in [0.2, 0.25) is 0 Å². The van der Waals surface area contributed by atoms with Crippen LogP contribution in [0, 0.1) is 5.95 Å². The molecule has 0 unspecified atom stereocenters. The number of sulfone groups is 1.